The van der Waals surface area contributed by atoms with Crippen LogP contribution in [0.3, 0.4) is 0 Å². The summed E-state index contributed by atoms with van der Waals surface area (Å²) in [4.78, 5) is 23.9. The number of hydrogen-bond donors (Lipinski definition) is 2. The zero-order valence-corrected chi connectivity index (χ0v) is 22.7. The number of fused-ring (bicyclic) bond motifs is 1. The second kappa shape index (κ2) is 12.9. The number of nitrogens with zero attached hydrogens (tertiary/aromatic N) is 3. The van der Waals surface area contributed by atoms with Crippen LogP contribution in [0.2, 0.25) is 5.02 Å². The van der Waals surface area contributed by atoms with E-state index in [4.69, 9.17) is 16.3 Å². The van der Waals surface area contributed by atoms with Crippen molar-refractivity contribution >= 4 is 40.2 Å². The van der Waals surface area contributed by atoms with Gasteiger partial charge in [-0.1, -0.05) is 11.6 Å². The zero-order valence-electron chi connectivity index (χ0n) is 21.1. The van der Waals surface area contributed by atoms with Crippen LogP contribution in [0.4, 0.5) is 0 Å². The molecule has 0 radical (unpaired) electrons. The van der Waals surface area contributed by atoms with E-state index in [-0.39, 0.29) is 11.8 Å². The maximum atomic E-state index is 11.8. The van der Waals surface area contributed by atoms with Crippen molar-refractivity contribution in [3.05, 3.63) is 59.5 Å². The molecule has 9 heteroatoms. The zero-order chi connectivity index (χ0) is 26.3. The molecular weight excluding hydrogens is 510 g/mol. The Kier molecular flexibility index (Phi) is 9.65. The SMILES string of the molecule is COc1ccc2ncc(Cl)c(C(O)CCC3(CC(=O)O)CCN(CCCSc4cccnc4)CC3)c2c1. The minimum atomic E-state index is -0.821. The molecule has 7 nitrogen and oxygen atoms in total. The molecule has 3 heterocycles. The number of ether oxygens (including phenoxy) is 1. The molecule has 2 N–H and O–H groups in total. The lowest BCUT2D eigenvalue weighted by Gasteiger charge is -2.41. The summed E-state index contributed by atoms with van der Waals surface area (Å²) in [5.74, 6) is 0.909. The third-order valence-corrected chi connectivity index (χ3v) is 8.68. The van der Waals surface area contributed by atoms with Gasteiger partial charge in [0.15, 0.2) is 0 Å². The minimum Gasteiger partial charge on any atom is -0.497 e. The molecule has 0 bridgehead atoms. The highest BCUT2D eigenvalue weighted by Gasteiger charge is 2.37. The number of rotatable bonds is 12. The lowest BCUT2D eigenvalue weighted by Crippen LogP contribution is -2.41. The molecule has 1 aliphatic heterocycles. The van der Waals surface area contributed by atoms with Crippen molar-refractivity contribution in [2.75, 3.05) is 32.5 Å². The Morgan fingerprint density at radius 2 is 2.08 bits per heavy atom. The van der Waals surface area contributed by atoms with Crippen LogP contribution >= 0.6 is 23.4 Å². The van der Waals surface area contributed by atoms with Crippen molar-refractivity contribution in [2.45, 2.75) is 49.5 Å². The second-order valence-electron chi connectivity index (χ2n) is 9.76. The second-order valence-corrected chi connectivity index (χ2v) is 11.3. The van der Waals surface area contributed by atoms with E-state index >= 15 is 0 Å². The number of piperidine rings is 1. The van der Waals surface area contributed by atoms with E-state index in [0.717, 1.165) is 55.6 Å². The van der Waals surface area contributed by atoms with E-state index in [9.17, 15) is 15.0 Å². The van der Waals surface area contributed by atoms with Gasteiger partial charge < -0.3 is 19.8 Å². The molecule has 1 fully saturated rings. The molecule has 3 aromatic rings. The van der Waals surface area contributed by atoms with Crippen LogP contribution in [0, 0.1) is 5.41 Å². The monoisotopic (exact) mass is 543 g/mol. The third kappa shape index (κ3) is 7.35. The van der Waals surface area contributed by atoms with E-state index in [1.165, 1.54) is 4.90 Å². The summed E-state index contributed by atoms with van der Waals surface area (Å²) in [5, 5.41) is 22.0. The van der Waals surface area contributed by atoms with Gasteiger partial charge >= 0.3 is 5.97 Å². The van der Waals surface area contributed by atoms with Crippen LogP contribution in [0.15, 0.2) is 53.8 Å². The highest BCUT2D eigenvalue weighted by molar-refractivity contribution is 7.99. The molecule has 0 amide bonds. The number of thioether (sulfide) groups is 1. The maximum Gasteiger partial charge on any atom is 0.303 e. The lowest BCUT2D eigenvalue weighted by molar-refractivity contribution is -0.141. The average Bonchev–Trinajstić information content (AvgIpc) is 2.90. The molecule has 37 heavy (non-hydrogen) atoms. The van der Waals surface area contributed by atoms with E-state index < -0.39 is 12.1 Å². The summed E-state index contributed by atoms with van der Waals surface area (Å²) < 4.78 is 5.35. The molecule has 0 spiro atoms. The molecule has 1 aliphatic rings. The third-order valence-electron chi connectivity index (χ3n) is 7.31. The fraction of sp³-hybridized carbons (Fsp3) is 0.464. The van der Waals surface area contributed by atoms with Crippen LogP contribution in [-0.4, -0.2) is 63.5 Å². The summed E-state index contributed by atoms with van der Waals surface area (Å²) in [6.45, 7) is 2.74. The number of aliphatic hydroxyl groups is 1. The van der Waals surface area contributed by atoms with Gasteiger partial charge in [0.05, 0.1) is 30.2 Å². The van der Waals surface area contributed by atoms with Gasteiger partial charge in [-0.3, -0.25) is 14.8 Å². The first-order chi connectivity index (χ1) is 17.9. The van der Waals surface area contributed by atoms with E-state index in [2.05, 4.69) is 20.9 Å². The Morgan fingerprint density at radius 3 is 2.78 bits per heavy atom. The molecule has 4 rings (SSSR count). The van der Waals surface area contributed by atoms with Crippen molar-refractivity contribution in [3.8, 4) is 5.75 Å². The number of methoxy groups -OCH3 is 1. The number of aliphatic hydroxyl groups excluding tert-OH is 1. The van der Waals surface area contributed by atoms with Gasteiger partial charge in [-0.2, -0.15) is 0 Å². The van der Waals surface area contributed by atoms with Crippen LogP contribution in [0.5, 0.6) is 5.75 Å². The summed E-state index contributed by atoms with van der Waals surface area (Å²) in [6.07, 6.45) is 8.26. The van der Waals surface area contributed by atoms with Crippen molar-refractivity contribution < 1.29 is 19.7 Å². The number of carboxylic acid groups (broad SMARTS) is 1. The Balaban J connectivity index is 1.35. The Hall–Kier alpha value is -2.39. The van der Waals surface area contributed by atoms with E-state index in [0.29, 0.717) is 29.2 Å². The molecule has 198 valence electrons. The van der Waals surface area contributed by atoms with E-state index in [1.54, 1.807) is 19.5 Å². The summed E-state index contributed by atoms with van der Waals surface area (Å²) >= 11 is 8.30. The fourth-order valence-corrected chi connectivity index (χ4v) is 6.31. The number of halogens is 1. The van der Waals surface area contributed by atoms with Gasteiger partial charge in [0, 0.05) is 34.4 Å². The van der Waals surface area contributed by atoms with Crippen LogP contribution < -0.4 is 4.74 Å². The predicted octanol–water partition coefficient (Wildman–Crippen LogP) is 5.84. The lowest BCUT2D eigenvalue weighted by atomic mass is 9.71. The quantitative estimate of drug-likeness (QED) is 0.217. The molecule has 1 atom stereocenters. The molecule has 1 saturated heterocycles. The van der Waals surface area contributed by atoms with Crippen molar-refractivity contribution in [2.24, 2.45) is 5.41 Å². The molecule has 2 aromatic heterocycles. The maximum absolute atomic E-state index is 11.8. The number of aromatic nitrogens is 2. The largest absolute Gasteiger partial charge is 0.497 e. The Bertz CT molecular complexity index is 1190. The van der Waals surface area contributed by atoms with Crippen LogP contribution in [0.1, 0.15) is 50.2 Å². The number of aliphatic carboxylic acids is 1. The molecule has 1 aromatic carbocycles. The first-order valence-electron chi connectivity index (χ1n) is 12.7. The van der Waals surface area contributed by atoms with Crippen molar-refractivity contribution in [1.29, 1.82) is 0 Å². The molecule has 1 unspecified atom stereocenters. The first-order valence-corrected chi connectivity index (χ1v) is 14.0. The van der Waals surface area contributed by atoms with Crippen molar-refractivity contribution in [3.63, 3.8) is 0 Å². The number of pyridine rings is 2. The van der Waals surface area contributed by atoms with Crippen LogP contribution in [-0.2, 0) is 4.79 Å². The van der Waals surface area contributed by atoms with Crippen LogP contribution in [0.25, 0.3) is 10.9 Å². The van der Waals surface area contributed by atoms with Gasteiger partial charge in [-0.15, -0.1) is 11.8 Å². The normalized spacial score (nSPS) is 16.5. The van der Waals surface area contributed by atoms with Gasteiger partial charge in [0.2, 0.25) is 0 Å². The summed E-state index contributed by atoms with van der Waals surface area (Å²) in [6, 6.07) is 9.54. The number of hydrogen-bond acceptors (Lipinski definition) is 7. The summed E-state index contributed by atoms with van der Waals surface area (Å²) in [5.41, 5.74) is 1.02. The number of likely N-dealkylation sites (tertiary alicyclic amines) is 1. The minimum absolute atomic E-state index is 0.114. The van der Waals surface area contributed by atoms with Gasteiger partial charge in [-0.25, -0.2) is 0 Å². The summed E-state index contributed by atoms with van der Waals surface area (Å²) in [7, 11) is 1.59. The Labute approximate surface area is 227 Å². The Morgan fingerprint density at radius 1 is 1.27 bits per heavy atom. The van der Waals surface area contributed by atoms with Gasteiger partial charge in [0.25, 0.3) is 0 Å². The molecule has 0 aliphatic carbocycles. The molecular formula is C28H34ClN3O4S. The molecule has 0 saturated carbocycles. The first kappa shape index (κ1) is 27.6. The smallest absolute Gasteiger partial charge is 0.303 e. The standard InChI is InChI=1S/C28H34ClN3O4S/c1-36-20-5-6-24-22(16-20)27(23(29)19-31-24)25(33)7-8-28(17-26(34)35)9-13-32(14-10-28)12-3-15-37-21-4-2-11-30-18-21/h2,4-6,11,16,18-19,25,33H,3,7-10,12-15,17H2,1H3,(H,34,35). The number of benzene rings is 1. The predicted molar refractivity (Wildman–Crippen MR) is 147 cm³/mol. The van der Waals surface area contributed by atoms with E-state index in [1.807, 2.05) is 42.2 Å². The topological polar surface area (TPSA) is 95.8 Å². The van der Waals surface area contributed by atoms with Gasteiger partial charge in [-0.05, 0) is 93.2 Å². The number of carboxylic acids is 1. The highest BCUT2D eigenvalue weighted by atomic mass is 35.5. The van der Waals surface area contributed by atoms with Gasteiger partial charge in [0.1, 0.15) is 5.75 Å². The average molecular weight is 544 g/mol. The fourth-order valence-electron chi connectivity index (χ4n) is 5.22. The van der Waals surface area contributed by atoms with Crippen molar-refractivity contribution in [1.82, 2.24) is 14.9 Å². The highest BCUT2D eigenvalue weighted by Crippen LogP contribution is 2.43. The number of carbonyl (C=O) groups is 1.